The number of amides is 4. The summed E-state index contributed by atoms with van der Waals surface area (Å²) in [5.74, 6) is 2.82. The van der Waals surface area contributed by atoms with E-state index in [1.54, 1.807) is 19.1 Å². The van der Waals surface area contributed by atoms with Crippen LogP contribution in [0, 0.1) is 37.0 Å². The lowest BCUT2D eigenvalue weighted by Gasteiger charge is -2.55. The Morgan fingerprint density at radius 1 is 0.656 bits per heavy atom. The highest BCUT2D eigenvalue weighted by Gasteiger charge is 2.54. The van der Waals surface area contributed by atoms with Crippen LogP contribution < -0.4 is 35.5 Å². The van der Waals surface area contributed by atoms with E-state index >= 15 is 0 Å². The highest BCUT2D eigenvalue weighted by Crippen LogP contribution is 2.60. The Bertz CT molecular complexity index is 2250. The van der Waals surface area contributed by atoms with Gasteiger partial charge in [-0.3, -0.25) is 24.5 Å². The Morgan fingerprint density at radius 2 is 1.23 bits per heavy atom. The lowest BCUT2D eigenvalue weighted by atomic mass is 9.49. The number of hydrogen-bond acceptors (Lipinski definition) is 11. The van der Waals surface area contributed by atoms with Gasteiger partial charge in [0.25, 0.3) is 17.7 Å². The molecular formula is C46H56N6O7S2. The molecule has 0 saturated heterocycles. The molecule has 2 aromatic carbocycles. The number of fused-ring (bicyclic) bond motifs is 1. The molecule has 4 N–H and O–H groups in total. The van der Waals surface area contributed by atoms with Crippen molar-refractivity contribution in [2.45, 2.75) is 110 Å². The van der Waals surface area contributed by atoms with E-state index in [9.17, 15) is 19.2 Å². The van der Waals surface area contributed by atoms with E-state index in [4.69, 9.17) is 14.2 Å². The van der Waals surface area contributed by atoms with Crippen LogP contribution in [0.2, 0.25) is 0 Å². The van der Waals surface area contributed by atoms with Gasteiger partial charge in [0.05, 0.1) is 38.1 Å². The Balaban J connectivity index is 0.000000170. The van der Waals surface area contributed by atoms with Crippen molar-refractivity contribution in [3.8, 4) is 17.2 Å². The zero-order valence-corrected chi connectivity index (χ0v) is 37.3. The van der Waals surface area contributed by atoms with Gasteiger partial charge in [0.1, 0.15) is 9.75 Å². The third-order valence-electron chi connectivity index (χ3n) is 13.2. The van der Waals surface area contributed by atoms with Crippen LogP contribution in [0.3, 0.4) is 0 Å². The molecule has 15 heteroatoms. The van der Waals surface area contributed by atoms with Gasteiger partial charge in [-0.05, 0) is 138 Å². The molecule has 5 saturated carbocycles. The fourth-order valence-corrected chi connectivity index (χ4v) is 12.4. The molecule has 0 atom stereocenters. The van der Waals surface area contributed by atoms with Crippen LogP contribution in [0.25, 0.3) is 0 Å². The molecule has 2 heterocycles. The summed E-state index contributed by atoms with van der Waals surface area (Å²) in [5, 5.41) is 12.9. The van der Waals surface area contributed by atoms with Crippen molar-refractivity contribution < 1.29 is 33.4 Å². The predicted molar refractivity (Wildman–Crippen MR) is 238 cm³/mol. The van der Waals surface area contributed by atoms with Crippen molar-refractivity contribution in [2.75, 3.05) is 37.3 Å². The van der Waals surface area contributed by atoms with Crippen LogP contribution in [0.1, 0.15) is 129 Å². The van der Waals surface area contributed by atoms with Gasteiger partial charge in [-0.25, -0.2) is 9.97 Å². The maximum Gasteiger partial charge on any atom is 0.267 e. The van der Waals surface area contributed by atoms with E-state index in [0.717, 1.165) is 91.8 Å². The molecular weight excluding hydrogens is 813 g/mol. The number of thiazole rings is 2. The minimum Gasteiger partial charge on any atom is -0.493 e. The Kier molecular flexibility index (Phi) is 12.7. The smallest absolute Gasteiger partial charge is 0.267 e. The summed E-state index contributed by atoms with van der Waals surface area (Å²) in [6.07, 6.45) is 16.2. The molecule has 61 heavy (non-hydrogen) atoms. The second-order valence-electron chi connectivity index (χ2n) is 17.5. The Labute approximate surface area is 365 Å². The van der Waals surface area contributed by atoms with E-state index in [0.29, 0.717) is 48.5 Å². The molecule has 0 unspecified atom stereocenters. The molecule has 5 fully saturated rings. The van der Waals surface area contributed by atoms with Crippen molar-refractivity contribution in [3.05, 3.63) is 68.2 Å². The number of carbonyl (C=O) groups is 4. The molecule has 6 aliphatic carbocycles. The predicted octanol–water partition coefficient (Wildman–Crippen LogP) is 9.14. The number of nitrogens with one attached hydrogen (secondary N) is 4. The maximum absolute atomic E-state index is 13.2. The van der Waals surface area contributed by atoms with Gasteiger partial charge in [-0.15, -0.1) is 0 Å². The molecule has 2 aromatic heterocycles. The third kappa shape index (κ3) is 9.28. The quantitative estimate of drug-likeness (QED) is 0.115. The largest absolute Gasteiger partial charge is 0.493 e. The minimum absolute atomic E-state index is 0.0304. The van der Waals surface area contributed by atoms with Gasteiger partial charge in [0.2, 0.25) is 11.7 Å². The highest BCUT2D eigenvalue weighted by atomic mass is 32.1. The van der Waals surface area contributed by atoms with Crippen LogP contribution in [0.15, 0.2) is 30.3 Å². The normalized spacial score (nSPS) is 22.3. The highest BCUT2D eigenvalue weighted by molar-refractivity contribution is 7.18. The molecule has 0 spiro atoms. The number of methoxy groups -OCH3 is 3. The maximum atomic E-state index is 13.2. The number of carbonyl (C=O) groups excluding carboxylic acids is 4. The van der Waals surface area contributed by atoms with E-state index in [-0.39, 0.29) is 29.2 Å². The minimum atomic E-state index is -0.409. The number of anilines is 3. The summed E-state index contributed by atoms with van der Waals surface area (Å²) < 4.78 is 15.9. The number of hydrogen-bond donors (Lipinski definition) is 4. The first kappa shape index (κ1) is 42.7. The fraction of sp³-hybridized carbons (Fsp3) is 0.522. The van der Waals surface area contributed by atoms with Crippen molar-refractivity contribution in [1.82, 2.24) is 15.3 Å². The van der Waals surface area contributed by atoms with Crippen LogP contribution in [-0.2, 0) is 17.6 Å². The summed E-state index contributed by atoms with van der Waals surface area (Å²) >= 11 is 2.45. The molecule has 0 radical (unpaired) electrons. The second kappa shape index (κ2) is 18.1. The Morgan fingerprint density at radius 3 is 1.82 bits per heavy atom. The summed E-state index contributed by atoms with van der Waals surface area (Å²) in [6, 6.07) is 9.42. The first-order valence-corrected chi connectivity index (χ1v) is 23.2. The van der Waals surface area contributed by atoms with E-state index in [1.165, 1.54) is 82.3 Å². The van der Waals surface area contributed by atoms with Gasteiger partial charge in [0.15, 0.2) is 21.8 Å². The van der Waals surface area contributed by atoms with Crippen LogP contribution in [0.4, 0.5) is 16.0 Å². The van der Waals surface area contributed by atoms with Crippen molar-refractivity contribution >= 4 is 62.3 Å². The SMILES string of the molecule is COc1cc(C(=O)Nc2nc(C)c(C(=O)Nc3ccc4c(c3)CCC4)s2)cc(OC)c1OC.Cc1nc(NC(=O)C23CC4CC(CC(C4)C2)C3)sc1C(=O)NC1CCCCC1. The number of nitrogens with zero attached hydrogens (tertiary/aromatic N) is 2. The standard InChI is InChI=1S/C24H25N3O5S.C22H31N3O2S/c1-13-21(23(29)26-17-9-8-14-6-5-7-15(14)10-17)33-24(25-13)27-22(28)16-11-18(30-2)20(32-4)19(12-16)31-3;1-13-18(19(26)24-17-5-3-2-4-6-17)28-21(23-13)25-20(27)22-10-14-7-15(11-22)9-16(8-14)12-22/h8-12H,5-7H2,1-4H3,(H,26,29)(H,25,27,28);14-17H,2-12H2,1H3,(H,24,26)(H,23,25,27). The van der Waals surface area contributed by atoms with E-state index in [2.05, 4.69) is 37.3 Å². The molecule has 4 aromatic rings. The van der Waals surface area contributed by atoms with Crippen molar-refractivity contribution in [3.63, 3.8) is 0 Å². The zero-order chi connectivity index (χ0) is 42.8. The first-order chi connectivity index (χ1) is 29.4. The number of ether oxygens (including phenoxy) is 3. The first-order valence-electron chi connectivity index (χ1n) is 21.6. The fourth-order valence-electron chi connectivity index (χ4n) is 10.7. The summed E-state index contributed by atoms with van der Waals surface area (Å²) in [7, 11) is 4.46. The summed E-state index contributed by atoms with van der Waals surface area (Å²) in [5.41, 5.74) is 4.78. The monoisotopic (exact) mass is 868 g/mol. The van der Waals surface area contributed by atoms with Crippen LogP contribution in [0.5, 0.6) is 17.2 Å². The Hall–Kier alpha value is -5.02. The van der Waals surface area contributed by atoms with Crippen LogP contribution >= 0.6 is 22.7 Å². The van der Waals surface area contributed by atoms with Gasteiger partial charge in [-0.2, -0.15) is 0 Å². The molecule has 6 aliphatic rings. The van der Waals surface area contributed by atoms with Gasteiger partial charge in [-0.1, -0.05) is 48.0 Å². The molecule has 0 aliphatic heterocycles. The lowest BCUT2D eigenvalue weighted by molar-refractivity contribution is -0.140. The van der Waals surface area contributed by atoms with Gasteiger partial charge >= 0.3 is 0 Å². The topological polar surface area (TPSA) is 170 Å². The summed E-state index contributed by atoms with van der Waals surface area (Å²) in [4.78, 5) is 61.6. The van der Waals surface area contributed by atoms with Crippen LogP contribution in [-0.4, -0.2) is 61.0 Å². The second-order valence-corrected chi connectivity index (χ2v) is 19.5. The molecule has 4 amide bonds. The van der Waals surface area contributed by atoms with E-state index in [1.807, 2.05) is 19.1 Å². The number of aromatic nitrogens is 2. The number of aryl methyl sites for hydroxylation is 4. The molecule has 13 nitrogen and oxygen atoms in total. The average molecular weight is 869 g/mol. The average Bonchev–Trinajstić information content (AvgIpc) is 3.97. The zero-order valence-electron chi connectivity index (χ0n) is 35.7. The molecule has 4 bridgehead atoms. The lowest BCUT2D eigenvalue weighted by Crippen LogP contribution is -2.51. The van der Waals surface area contributed by atoms with Crippen molar-refractivity contribution in [2.24, 2.45) is 23.2 Å². The van der Waals surface area contributed by atoms with E-state index < -0.39 is 5.91 Å². The summed E-state index contributed by atoms with van der Waals surface area (Å²) in [6.45, 7) is 3.61. The van der Waals surface area contributed by atoms with Gasteiger partial charge in [0, 0.05) is 17.3 Å². The number of rotatable bonds is 11. The molecule has 10 rings (SSSR count). The van der Waals surface area contributed by atoms with Crippen molar-refractivity contribution in [1.29, 1.82) is 0 Å². The number of benzene rings is 2. The van der Waals surface area contributed by atoms with Gasteiger partial charge < -0.3 is 30.2 Å². The third-order valence-corrected chi connectivity index (χ3v) is 15.3. The molecule has 324 valence electrons.